The second-order valence-corrected chi connectivity index (χ2v) is 6.33. The van der Waals surface area contributed by atoms with Crippen LogP contribution in [-0.2, 0) is 0 Å². The summed E-state index contributed by atoms with van der Waals surface area (Å²) in [7, 11) is 0. The number of hydrogen-bond donors (Lipinski definition) is 0. The van der Waals surface area contributed by atoms with Gasteiger partial charge in [0.05, 0.1) is 0 Å². The number of likely N-dealkylation sites (tertiary alicyclic amines) is 2. The van der Waals surface area contributed by atoms with Crippen LogP contribution in [0.15, 0.2) is 10.6 Å². The van der Waals surface area contributed by atoms with Crippen molar-refractivity contribution in [1.29, 1.82) is 0 Å². The molecule has 0 radical (unpaired) electrons. The molecule has 1 saturated carbocycles. The molecule has 3 heterocycles. The van der Waals surface area contributed by atoms with Crippen molar-refractivity contribution in [1.82, 2.24) is 15.0 Å². The fourth-order valence-electron chi connectivity index (χ4n) is 3.44. The third-order valence-corrected chi connectivity index (χ3v) is 4.83. The number of amides is 1. The molecule has 5 nitrogen and oxygen atoms in total. The van der Waals surface area contributed by atoms with E-state index in [2.05, 4.69) is 10.1 Å². The standard InChI is InChI=1S/C15H21N3O2/c19-15(13-9-14(20-16-13)11-3-4-11)18-8-5-12(10-18)17-6-1-2-7-17/h9,11-12H,1-8,10H2/t12-/m0/s1. The Bertz CT molecular complexity index is 503. The quantitative estimate of drug-likeness (QED) is 0.845. The van der Waals surface area contributed by atoms with E-state index in [0.717, 1.165) is 25.3 Å². The van der Waals surface area contributed by atoms with Crippen molar-refractivity contribution < 1.29 is 9.32 Å². The van der Waals surface area contributed by atoms with E-state index >= 15 is 0 Å². The number of carbonyl (C=O) groups is 1. The lowest BCUT2D eigenvalue weighted by Gasteiger charge is -2.23. The summed E-state index contributed by atoms with van der Waals surface area (Å²) in [4.78, 5) is 16.9. The molecule has 2 aliphatic heterocycles. The van der Waals surface area contributed by atoms with Gasteiger partial charge in [-0.25, -0.2) is 0 Å². The van der Waals surface area contributed by atoms with Crippen molar-refractivity contribution >= 4 is 5.91 Å². The Morgan fingerprint density at radius 3 is 2.75 bits per heavy atom. The molecule has 108 valence electrons. The fourth-order valence-corrected chi connectivity index (χ4v) is 3.44. The first-order valence-corrected chi connectivity index (χ1v) is 7.81. The third kappa shape index (κ3) is 2.24. The molecule has 1 atom stereocenters. The molecule has 1 aromatic heterocycles. The molecule has 0 unspecified atom stereocenters. The molecule has 1 aliphatic carbocycles. The predicted molar refractivity (Wildman–Crippen MR) is 73.6 cm³/mol. The van der Waals surface area contributed by atoms with Gasteiger partial charge in [-0.05, 0) is 45.2 Å². The normalized spacial score (nSPS) is 27.4. The number of rotatable bonds is 3. The molecule has 1 aromatic rings. The van der Waals surface area contributed by atoms with Crippen LogP contribution >= 0.6 is 0 Å². The van der Waals surface area contributed by atoms with Crippen LogP contribution in [0.25, 0.3) is 0 Å². The summed E-state index contributed by atoms with van der Waals surface area (Å²) in [5, 5.41) is 3.96. The van der Waals surface area contributed by atoms with Crippen LogP contribution < -0.4 is 0 Å². The number of nitrogens with zero attached hydrogens (tertiary/aromatic N) is 3. The maximum atomic E-state index is 12.4. The highest BCUT2D eigenvalue weighted by Crippen LogP contribution is 2.40. The summed E-state index contributed by atoms with van der Waals surface area (Å²) in [6, 6.07) is 2.40. The summed E-state index contributed by atoms with van der Waals surface area (Å²) in [5.41, 5.74) is 0.494. The van der Waals surface area contributed by atoms with E-state index < -0.39 is 0 Å². The molecule has 4 rings (SSSR count). The summed E-state index contributed by atoms with van der Waals surface area (Å²) < 4.78 is 5.29. The average Bonchev–Trinajstić information content (AvgIpc) is 2.97. The minimum absolute atomic E-state index is 0.0438. The van der Waals surface area contributed by atoms with Crippen molar-refractivity contribution in [3.05, 3.63) is 17.5 Å². The van der Waals surface area contributed by atoms with Gasteiger partial charge in [0.2, 0.25) is 0 Å². The van der Waals surface area contributed by atoms with Gasteiger partial charge >= 0.3 is 0 Å². The van der Waals surface area contributed by atoms with Gasteiger partial charge in [0.1, 0.15) is 5.76 Å². The number of hydrogen-bond acceptors (Lipinski definition) is 4. The van der Waals surface area contributed by atoms with Crippen LogP contribution in [-0.4, -0.2) is 53.1 Å². The summed E-state index contributed by atoms with van der Waals surface area (Å²) in [6.07, 6.45) is 6.04. The molecule has 1 amide bonds. The van der Waals surface area contributed by atoms with E-state index in [-0.39, 0.29) is 5.91 Å². The van der Waals surface area contributed by atoms with Crippen LogP contribution in [0.1, 0.15) is 54.3 Å². The maximum Gasteiger partial charge on any atom is 0.276 e. The molecule has 0 spiro atoms. The zero-order chi connectivity index (χ0) is 13.5. The Labute approximate surface area is 118 Å². The maximum absolute atomic E-state index is 12.4. The van der Waals surface area contributed by atoms with Gasteiger partial charge in [0.25, 0.3) is 5.91 Å². The first-order valence-electron chi connectivity index (χ1n) is 7.81. The molecule has 0 aromatic carbocycles. The van der Waals surface area contributed by atoms with E-state index in [1.165, 1.54) is 38.8 Å². The Morgan fingerprint density at radius 1 is 1.20 bits per heavy atom. The highest BCUT2D eigenvalue weighted by Gasteiger charge is 2.34. The lowest BCUT2D eigenvalue weighted by atomic mass is 10.2. The fraction of sp³-hybridized carbons (Fsp3) is 0.733. The zero-order valence-corrected chi connectivity index (χ0v) is 11.8. The Morgan fingerprint density at radius 2 is 2.00 bits per heavy atom. The number of carbonyl (C=O) groups excluding carboxylic acids is 1. The van der Waals surface area contributed by atoms with Gasteiger partial charge in [0.15, 0.2) is 5.69 Å². The minimum atomic E-state index is 0.0438. The van der Waals surface area contributed by atoms with Crippen LogP contribution in [0, 0.1) is 0 Å². The highest BCUT2D eigenvalue weighted by molar-refractivity contribution is 5.92. The topological polar surface area (TPSA) is 49.6 Å². The second-order valence-electron chi connectivity index (χ2n) is 6.33. The third-order valence-electron chi connectivity index (χ3n) is 4.83. The zero-order valence-electron chi connectivity index (χ0n) is 11.8. The Balaban J connectivity index is 1.40. The average molecular weight is 275 g/mol. The first kappa shape index (κ1) is 12.4. The molecule has 0 N–H and O–H groups in total. The van der Waals surface area contributed by atoms with E-state index in [9.17, 15) is 4.79 Å². The van der Waals surface area contributed by atoms with Crippen LogP contribution in [0.2, 0.25) is 0 Å². The van der Waals surface area contributed by atoms with E-state index in [1.807, 2.05) is 11.0 Å². The van der Waals surface area contributed by atoms with E-state index in [0.29, 0.717) is 17.7 Å². The predicted octanol–water partition coefficient (Wildman–Crippen LogP) is 1.86. The van der Waals surface area contributed by atoms with Crippen molar-refractivity contribution in [2.45, 2.75) is 44.1 Å². The molecular formula is C15H21N3O2. The Hall–Kier alpha value is -1.36. The van der Waals surface area contributed by atoms with Crippen LogP contribution in [0.4, 0.5) is 0 Å². The van der Waals surface area contributed by atoms with Crippen molar-refractivity contribution in [3.8, 4) is 0 Å². The van der Waals surface area contributed by atoms with Gasteiger partial charge in [-0.1, -0.05) is 5.16 Å². The molecule has 2 saturated heterocycles. The molecular weight excluding hydrogens is 254 g/mol. The monoisotopic (exact) mass is 275 g/mol. The number of aromatic nitrogens is 1. The van der Waals surface area contributed by atoms with Gasteiger partial charge < -0.3 is 9.42 Å². The molecule has 5 heteroatoms. The van der Waals surface area contributed by atoms with Crippen molar-refractivity contribution in [2.75, 3.05) is 26.2 Å². The molecule has 3 fully saturated rings. The lowest BCUT2D eigenvalue weighted by molar-refractivity contribution is 0.0769. The summed E-state index contributed by atoms with van der Waals surface area (Å²) >= 11 is 0. The van der Waals surface area contributed by atoms with Crippen molar-refractivity contribution in [2.24, 2.45) is 0 Å². The van der Waals surface area contributed by atoms with E-state index in [4.69, 9.17) is 4.52 Å². The first-order chi connectivity index (χ1) is 9.81. The molecule has 20 heavy (non-hydrogen) atoms. The second kappa shape index (κ2) is 4.88. The molecule has 0 bridgehead atoms. The van der Waals surface area contributed by atoms with Crippen LogP contribution in [0.5, 0.6) is 0 Å². The van der Waals surface area contributed by atoms with Gasteiger partial charge in [-0.15, -0.1) is 0 Å². The Kier molecular flexibility index (Phi) is 3.02. The van der Waals surface area contributed by atoms with Gasteiger partial charge in [0, 0.05) is 31.1 Å². The summed E-state index contributed by atoms with van der Waals surface area (Å²) in [5.74, 6) is 1.45. The summed E-state index contributed by atoms with van der Waals surface area (Å²) in [6.45, 7) is 4.10. The lowest BCUT2D eigenvalue weighted by Crippen LogP contribution is -2.37. The highest BCUT2D eigenvalue weighted by atomic mass is 16.5. The molecule has 3 aliphatic rings. The van der Waals surface area contributed by atoms with E-state index in [1.54, 1.807) is 0 Å². The smallest absolute Gasteiger partial charge is 0.276 e. The minimum Gasteiger partial charge on any atom is -0.360 e. The van der Waals surface area contributed by atoms with Crippen LogP contribution in [0.3, 0.4) is 0 Å². The van der Waals surface area contributed by atoms with Gasteiger partial charge in [-0.3, -0.25) is 9.69 Å². The largest absolute Gasteiger partial charge is 0.360 e. The van der Waals surface area contributed by atoms with Gasteiger partial charge in [-0.2, -0.15) is 0 Å². The van der Waals surface area contributed by atoms with Crippen molar-refractivity contribution in [3.63, 3.8) is 0 Å². The SMILES string of the molecule is O=C(c1cc(C2CC2)on1)N1CC[C@H](N2CCCC2)C1.